The van der Waals surface area contributed by atoms with Crippen molar-refractivity contribution in [2.75, 3.05) is 50.0 Å². The number of amides is 1. The minimum atomic E-state index is -3.14. The van der Waals surface area contributed by atoms with E-state index in [0.717, 1.165) is 18.3 Å². The second-order valence-electron chi connectivity index (χ2n) is 8.80. The molecule has 1 saturated heterocycles. The fraction of sp³-hybridized carbons (Fsp3) is 0.417. The molecule has 188 valence electrons. The van der Waals surface area contributed by atoms with E-state index in [1.807, 2.05) is 14.0 Å². The lowest BCUT2D eigenvalue weighted by atomic mass is 9.97. The summed E-state index contributed by atoms with van der Waals surface area (Å²) in [5.41, 5.74) is -1.01. The third-order valence-electron chi connectivity index (χ3n) is 6.53. The molecule has 3 heterocycles. The van der Waals surface area contributed by atoms with E-state index in [4.69, 9.17) is 0 Å². The first-order chi connectivity index (χ1) is 16.7. The number of alkyl halides is 2. The van der Waals surface area contributed by atoms with Crippen molar-refractivity contribution in [3.8, 4) is 0 Å². The van der Waals surface area contributed by atoms with Gasteiger partial charge in [-0.25, -0.2) is 8.78 Å². The number of rotatable bonds is 5. The van der Waals surface area contributed by atoms with Crippen molar-refractivity contribution in [3.05, 3.63) is 63.6 Å². The van der Waals surface area contributed by atoms with Crippen LogP contribution in [0.3, 0.4) is 0 Å². The Hall–Kier alpha value is -3.18. The van der Waals surface area contributed by atoms with Crippen molar-refractivity contribution >= 4 is 22.9 Å². The topological polar surface area (TPSA) is 69.6 Å². The molecule has 11 heteroatoms. The fourth-order valence-electron chi connectivity index (χ4n) is 4.36. The fourth-order valence-corrected chi connectivity index (χ4v) is 4.36. The Labute approximate surface area is 200 Å². The van der Waals surface area contributed by atoms with E-state index in [9.17, 15) is 18.4 Å². The van der Waals surface area contributed by atoms with Crippen LogP contribution in [0, 0.1) is 11.6 Å². The van der Waals surface area contributed by atoms with Crippen LogP contribution in [0.2, 0.25) is 0 Å². The summed E-state index contributed by atoms with van der Waals surface area (Å²) >= 11 is 0. The summed E-state index contributed by atoms with van der Waals surface area (Å²) in [7, 11) is 1.95. The predicted molar refractivity (Wildman–Crippen MR) is 126 cm³/mol. The zero-order chi connectivity index (χ0) is 25.3. The van der Waals surface area contributed by atoms with Crippen LogP contribution in [-0.4, -0.2) is 61.2 Å². The van der Waals surface area contributed by atoms with Crippen LogP contribution in [0.15, 0.2) is 35.3 Å². The zero-order valence-corrected chi connectivity index (χ0v) is 19.5. The van der Waals surface area contributed by atoms with Gasteiger partial charge < -0.3 is 20.4 Å². The molecule has 2 aliphatic heterocycles. The van der Waals surface area contributed by atoms with E-state index in [0.29, 0.717) is 44.7 Å². The molecule has 35 heavy (non-hydrogen) atoms. The number of benzene rings is 1. The van der Waals surface area contributed by atoms with Gasteiger partial charge >= 0.3 is 6.55 Å². The van der Waals surface area contributed by atoms with Crippen molar-refractivity contribution in [2.24, 2.45) is 0 Å². The molecule has 1 aromatic heterocycles. The minimum absolute atomic E-state index is 0.0971. The Morgan fingerprint density at radius 3 is 2.66 bits per heavy atom. The first-order valence-electron chi connectivity index (χ1n) is 11.4. The number of likely N-dealkylation sites (N-methyl/N-ethyl adjacent to an activating group) is 1. The van der Waals surface area contributed by atoms with E-state index in [-0.39, 0.29) is 33.1 Å². The molecule has 0 bridgehead atoms. The van der Waals surface area contributed by atoms with Crippen LogP contribution in [0.25, 0.3) is 5.57 Å². The molecule has 1 fully saturated rings. The number of carbonyl (C=O) groups excluding carboxylic acids is 1. The maximum atomic E-state index is 15.9. The number of carbonyl (C=O) groups is 1. The Morgan fingerprint density at radius 1 is 1.23 bits per heavy atom. The maximum absolute atomic E-state index is 15.9. The van der Waals surface area contributed by atoms with Crippen molar-refractivity contribution in [2.45, 2.75) is 25.9 Å². The summed E-state index contributed by atoms with van der Waals surface area (Å²) in [5.74, 6) is -2.55. The zero-order valence-electron chi connectivity index (χ0n) is 19.5. The smallest absolute Gasteiger partial charge is 0.321 e. The molecular formula is C24H27F4N5O2. The highest BCUT2D eigenvalue weighted by Crippen LogP contribution is 2.38. The monoisotopic (exact) mass is 493 g/mol. The van der Waals surface area contributed by atoms with E-state index in [2.05, 4.69) is 15.5 Å². The lowest BCUT2D eigenvalue weighted by Gasteiger charge is -2.40. The molecule has 1 atom stereocenters. The molecule has 0 aliphatic carbocycles. The molecular weight excluding hydrogens is 466 g/mol. The van der Waals surface area contributed by atoms with Gasteiger partial charge in [-0.2, -0.15) is 8.78 Å². The van der Waals surface area contributed by atoms with E-state index in [1.165, 1.54) is 6.07 Å². The van der Waals surface area contributed by atoms with Gasteiger partial charge in [0.1, 0.15) is 11.5 Å². The van der Waals surface area contributed by atoms with Crippen LogP contribution < -0.4 is 21.1 Å². The second kappa shape index (κ2) is 10.2. The van der Waals surface area contributed by atoms with Crippen molar-refractivity contribution in [1.82, 2.24) is 14.8 Å². The van der Waals surface area contributed by atoms with Crippen LogP contribution in [-0.2, 0) is 0 Å². The number of piperazine rings is 1. The standard InChI is InChI=1S/C24H27F4N5O2/c1-14-12-32(10-9-31(14)2)18-11-17(25)20(15-5-7-29-8-6-15)21(26)22(18)30-23(35)16-3-4-19(34)33(13-16)24(27)28/h3-5,11,13-14,24,29H,6-10,12H2,1-2H3,(H,30,35). The number of hydrogen-bond donors (Lipinski definition) is 2. The number of pyridine rings is 1. The summed E-state index contributed by atoms with van der Waals surface area (Å²) < 4.78 is 57.6. The first kappa shape index (κ1) is 24.9. The summed E-state index contributed by atoms with van der Waals surface area (Å²) in [6, 6.07) is 3.25. The summed E-state index contributed by atoms with van der Waals surface area (Å²) in [4.78, 5) is 28.6. The Bertz CT molecular complexity index is 1210. The third-order valence-corrected chi connectivity index (χ3v) is 6.53. The van der Waals surface area contributed by atoms with Crippen LogP contribution >= 0.6 is 0 Å². The van der Waals surface area contributed by atoms with Gasteiger partial charge in [-0.1, -0.05) is 6.08 Å². The molecule has 0 saturated carbocycles. The SMILES string of the molecule is CC1CN(c2cc(F)c(C3=CCNCC3)c(F)c2NC(=O)c2ccc(=O)n(C(F)F)c2)CCN1C. The van der Waals surface area contributed by atoms with E-state index >= 15 is 8.78 Å². The van der Waals surface area contributed by atoms with Gasteiger partial charge in [-0.05, 0) is 38.6 Å². The summed E-state index contributed by atoms with van der Waals surface area (Å²) in [5, 5.41) is 5.56. The number of nitrogens with one attached hydrogen (secondary N) is 2. The highest BCUT2D eigenvalue weighted by molar-refractivity contribution is 6.06. The average Bonchev–Trinajstić information content (AvgIpc) is 2.83. The van der Waals surface area contributed by atoms with Crippen LogP contribution in [0.4, 0.5) is 28.9 Å². The molecule has 7 nitrogen and oxygen atoms in total. The van der Waals surface area contributed by atoms with Gasteiger partial charge in [0.15, 0.2) is 5.82 Å². The average molecular weight is 494 g/mol. The number of aromatic nitrogens is 1. The summed E-state index contributed by atoms with van der Waals surface area (Å²) in [6.07, 6.45) is 2.83. The molecule has 1 amide bonds. The molecule has 0 spiro atoms. The van der Waals surface area contributed by atoms with Crippen LogP contribution in [0.1, 0.15) is 35.8 Å². The number of halogens is 4. The van der Waals surface area contributed by atoms with Gasteiger partial charge in [0.25, 0.3) is 11.5 Å². The van der Waals surface area contributed by atoms with Crippen LogP contribution in [0.5, 0.6) is 0 Å². The van der Waals surface area contributed by atoms with Crippen molar-refractivity contribution in [3.63, 3.8) is 0 Å². The number of nitrogens with zero attached hydrogens (tertiary/aromatic N) is 3. The van der Waals surface area contributed by atoms with E-state index in [1.54, 1.807) is 11.0 Å². The van der Waals surface area contributed by atoms with Crippen molar-refractivity contribution in [1.29, 1.82) is 0 Å². The quantitative estimate of drug-likeness (QED) is 0.626. The van der Waals surface area contributed by atoms with Gasteiger partial charge in [0.05, 0.1) is 16.8 Å². The minimum Gasteiger partial charge on any atom is -0.367 e. The normalized spacial score (nSPS) is 19.1. The molecule has 1 aromatic carbocycles. The maximum Gasteiger partial charge on any atom is 0.321 e. The molecule has 2 aromatic rings. The third kappa shape index (κ3) is 5.10. The molecule has 4 rings (SSSR count). The first-order valence-corrected chi connectivity index (χ1v) is 11.4. The van der Waals surface area contributed by atoms with Gasteiger partial charge in [-0.15, -0.1) is 0 Å². The Morgan fingerprint density at radius 2 is 2.00 bits per heavy atom. The van der Waals surface area contributed by atoms with Crippen molar-refractivity contribution < 1.29 is 22.4 Å². The van der Waals surface area contributed by atoms with E-state index < -0.39 is 29.7 Å². The lowest BCUT2D eigenvalue weighted by Crippen LogP contribution is -2.50. The van der Waals surface area contributed by atoms with Gasteiger partial charge in [0.2, 0.25) is 0 Å². The Kier molecular flexibility index (Phi) is 7.27. The summed E-state index contributed by atoms with van der Waals surface area (Å²) in [6.45, 7) is 1.46. The largest absolute Gasteiger partial charge is 0.367 e. The second-order valence-corrected chi connectivity index (χ2v) is 8.80. The lowest BCUT2D eigenvalue weighted by molar-refractivity contribution is 0.0660. The highest BCUT2D eigenvalue weighted by Gasteiger charge is 2.29. The predicted octanol–water partition coefficient (Wildman–Crippen LogP) is 3.29. The molecule has 1 unspecified atom stereocenters. The number of anilines is 2. The molecule has 2 N–H and O–H groups in total. The number of hydrogen-bond acceptors (Lipinski definition) is 5. The van der Waals surface area contributed by atoms with Gasteiger partial charge in [0, 0.05) is 50.6 Å². The highest BCUT2D eigenvalue weighted by atomic mass is 19.3. The molecule has 2 aliphatic rings. The Balaban J connectivity index is 1.78. The van der Waals surface area contributed by atoms with Gasteiger partial charge in [-0.3, -0.25) is 14.2 Å². The molecule has 0 radical (unpaired) electrons.